The minimum absolute atomic E-state index is 0.0281. The van der Waals surface area contributed by atoms with Crippen LogP contribution in [-0.2, 0) is 13.2 Å². The SMILES string of the molecule is O=c1nc(OCc2cc(F)c(F)c(F)c2)cc2n1CC13CCC(CC1)N23. The molecule has 0 saturated carbocycles. The lowest BCUT2D eigenvalue weighted by Crippen LogP contribution is -2.38. The minimum atomic E-state index is -1.52. The number of hydrogen-bond acceptors (Lipinski definition) is 4. The van der Waals surface area contributed by atoms with Crippen molar-refractivity contribution in [2.75, 3.05) is 4.90 Å². The molecule has 3 aliphatic heterocycles. The van der Waals surface area contributed by atoms with Crippen LogP contribution in [0.5, 0.6) is 5.88 Å². The van der Waals surface area contributed by atoms with Crippen LogP contribution in [0.2, 0.25) is 0 Å². The lowest BCUT2D eigenvalue weighted by molar-refractivity contribution is 0.288. The molecule has 0 spiro atoms. The summed E-state index contributed by atoms with van der Waals surface area (Å²) in [5.74, 6) is -3.16. The van der Waals surface area contributed by atoms with E-state index in [0.29, 0.717) is 12.6 Å². The highest BCUT2D eigenvalue weighted by Crippen LogP contribution is 2.53. The summed E-state index contributed by atoms with van der Waals surface area (Å²) in [5.41, 5.74) is -0.231. The molecule has 2 aromatic rings. The Bertz CT molecular complexity index is 944. The van der Waals surface area contributed by atoms with E-state index >= 15 is 0 Å². The zero-order chi connectivity index (χ0) is 18.1. The number of aromatic nitrogens is 2. The highest BCUT2D eigenvalue weighted by Gasteiger charge is 2.56. The molecule has 0 amide bonds. The third-order valence-corrected chi connectivity index (χ3v) is 5.86. The minimum Gasteiger partial charge on any atom is -0.473 e. The second-order valence-corrected chi connectivity index (χ2v) is 7.31. The summed E-state index contributed by atoms with van der Waals surface area (Å²) in [7, 11) is 0. The normalized spacial score (nSPS) is 25.5. The maximum absolute atomic E-state index is 13.3. The van der Waals surface area contributed by atoms with Crippen LogP contribution in [-0.4, -0.2) is 21.1 Å². The van der Waals surface area contributed by atoms with Gasteiger partial charge in [0.15, 0.2) is 17.5 Å². The van der Waals surface area contributed by atoms with Gasteiger partial charge in [-0.15, -0.1) is 0 Å². The van der Waals surface area contributed by atoms with E-state index in [1.165, 1.54) is 0 Å². The average molecular weight is 363 g/mol. The van der Waals surface area contributed by atoms with Crippen molar-refractivity contribution in [3.05, 3.63) is 51.7 Å². The molecule has 2 fully saturated rings. The number of anilines is 1. The number of hydrogen-bond donors (Lipinski definition) is 0. The summed E-state index contributed by atoms with van der Waals surface area (Å²) < 4.78 is 46.8. The van der Waals surface area contributed by atoms with E-state index in [1.807, 2.05) is 0 Å². The van der Waals surface area contributed by atoms with Gasteiger partial charge in [-0.25, -0.2) is 18.0 Å². The first-order chi connectivity index (χ1) is 12.5. The Morgan fingerprint density at radius 1 is 1.15 bits per heavy atom. The van der Waals surface area contributed by atoms with E-state index in [0.717, 1.165) is 43.6 Å². The first-order valence-corrected chi connectivity index (χ1v) is 8.64. The molecule has 0 aliphatic carbocycles. The quantitative estimate of drug-likeness (QED) is 0.787. The number of ether oxygens (including phenoxy) is 1. The van der Waals surface area contributed by atoms with Crippen LogP contribution in [0.3, 0.4) is 0 Å². The topological polar surface area (TPSA) is 47.4 Å². The van der Waals surface area contributed by atoms with E-state index < -0.39 is 17.5 Å². The molecule has 2 bridgehead atoms. The zero-order valence-electron chi connectivity index (χ0n) is 13.8. The van der Waals surface area contributed by atoms with Crippen molar-refractivity contribution in [1.29, 1.82) is 0 Å². The molecule has 0 unspecified atom stereocenters. The fraction of sp³-hybridized carbons (Fsp3) is 0.444. The third kappa shape index (κ3) is 2.10. The van der Waals surface area contributed by atoms with Gasteiger partial charge >= 0.3 is 5.69 Å². The van der Waals surface area contributed by atoms with Gasteiger partial charge < -0.3 is 9.64 Å². The second kappa shape index (κ2) is 5.25. The highest BCUT2D eigenvalue weighted by molar-refractivity contribution is 5.54. The van der Waals surface area contributed by atoms with Crippen LogP contribution in [0.15, 0.2) is 23.0 Å². The van der Waals surface area contributed by atoms with Crippen molar-refractivity contribution in [3.8, 4) is 5.88 Å². The molecule has 136 valence electrons. The molecule has 0 radical (unpaired) electrons. The van der Waals surface area contributed by atoms with Crippen molar-refractivity contribution in [3.63, 3.8) is 0 Å². The van der Waals surface area contributed by atoms with Crippen molar-refractivity contribution in [1.82, 2.24) is 9.55 Å². The number of nitrogens with zero attached hydrogens (tertiary/aromatic N) is 3. The maximum atomic E-state index is 13.3. The van der Waals surface area contributed by atoms with Gasteiger partial charge in [-0.05, 0) is 43.4 Å². The van der Waals surface area contributed by atoms with Gasteiger partial charge in [0, 0.05) is 12.1 Å². The fourth-order valence-electron chi connectivity index (χ4n) is 4.73. The van der Waals surface area contributed by atoms with Crippen LogP contribution < -0.4 is 15.3 Å². The van der Waals surface area contributed by atoms with Crippen molar-refractivity contribution >= 4 is 5.82 Å². The molecular formula is C18H16F3N3O2. The molecule has 2 saturated heterocycles. The predicted octanol–water partition coefficient (Wildman–Crippen LogP) is 2.75. The van der Waals surface area contributed by atoms with Crippen LogP contribution >= 0.6 is 0 Å². The smallest absolute Gasteiger partial charge is 0.352 e. The van der Waals surface area contributed by atoms with Crippen LogP contribution in [0.1, 0.15) is 31.2 Å². The molecule has 0 atom stereocenters. The Hall–Kier alpha value is -2.51. The molecule has 1 aromatic heterocycles. The first kappa shape index (κ1) is 15.7. The maximum Gasteiger partial charge on any atom is 0.352 e. The van der Waals surface area contributed by atoms with E-state index in [1.54, 1.807) is 10.6 Å². The summed E-state index contributed by atoms with van der Waals surface area (Å²) in [4.78, 5) is 18.6. The van der Waals surface area contributed by atoms with Gasteiger partial charge in [0.25, 0.3) is 0 Å². The molecular weight excluding hydrogens is 347 g/mol. The van der Waals surface area contributed by atoms with E-state index in [-0.39, 0.29) is 29.3 Å². The number of benzene rings is 1. The lowest BCUT2D eigenvalue weighted by Gasteiger charge is -2.27. The van der Waals surface area contributed by atoms with Crippen molar-refractivity contribution in [2.24, 2.45) is 0 Å². The standard InChI is InChI=1S/C18H16F3N3O2/c19-12-5-10(6-13(20)16(12)21)8-26-14-7-15-23(17(25)22-14)9-18-3-1-11(2-4-18)24(15)18/h5-7,11H,1-4,8-9H2. The molecule has 3 aliphatic rings. The Kier molecular flexibility index (Phi) is 3.17. The van der Waals surface area contributed by atoms with Crippen molar-refractivity contribution < 1.29 is 17.9 Å². The van der Waals surface area contributed by atoms with Gasteiger partial charge in [-0.1, -0.05) is 0 Å². The zero-order valence-corrected chi connectivity index (χ0v) is 13.8. The molecule has 0 N–H and O–H groups in total. The Balaban J connectivity index is 1.43. The summed E-state index contributed by atoms with van der Waals surface area (Å²) in [5, 5.41) is 0. The molecule has 4 heterocycles. The first-order valence-electron chi connectivity index (χ1n) is 8.64. The Morgan fingerprint density at radius 3 is 2.54 bits per heavy atom. The number of fused-ring (bicyclic) bond motifs is 1. The average Bonchev–Trinajstić information content (AvgIpc) is 3.23. The number of rotatable bonds is 3. The van der Waals surface area contributed by atoms with E-state index in [4.69, 9.17) is 4.74 Å². The number of halogens is 3. The largest absolute Gasteiger partial charge is 0.473 e. The van der Waals surface area contributed by atoms with Gasteiger partial charge in [0.1, 0.15) is 12.4 Å². The second-order valence-electron chi connectivity index (χ2n) is 7.31. The fourth-order valence-corrected chi connectivity index (χ4v) is 4.73. The van der Waals surface area contributed by atoms with Gasteiger partial charge in [-0.2, -0.15) is 4.98 Å². The molecule has 5 nitrogen and oxygen atoms in total. The summed E-state index contributed by atoms with van der Waals surface area (Å²) in [6, 6.07) is 3.89. The molecule has 5 rings (SSSR count). The van der Waals surface area contributed by atoms with Crippen LogP contribution in [0.25, 0.3) is 0 Å². The van der Waals surface area contributed by atoms with Crippen LogP contribution in [0.4, 0.5) is 19.0 Å². The highest BCUT2D eigenvalue weighted by atomic mass is 19.2. The van der Waals surface area contributed by atoms with E-state index in [2.05, 4.69) is 9.88 Å². The lowest BCUT2D eigenvalue weighted by atomic mass is 9.88. The van der Waals surface area contributed by atoms with E-state index in [9.17, 15) is 18.0 Å². The van der Waals surface area contributed by atoms with Gasteiger partial charge in [0.2, 0.25) is 5.88 Å². The molecule has 8 heteroatoms. The van der Waals surface area contributed by atoms with Gasteiger partial charge in [-0.3, -0.25) is 4.57 Å². The van der Waals surface area contributed by atoms with Crippen LogP contribution in [0, 0.1) is 17.5 Å². The molecule has 1 aromatic carbocycles. The predicted molar refractivity (Wildman–Crippen MR) is 86.6 cm³/mol. The Morgan fingerprint density at radius 2 is 1.85 bits per heavy atom. The monoisotopic (exact) mass is 363 g/mol. The van der Waals surface area contributed by atoms with Crippen molar-refractivity contribution in [2.45, 2.75) is 50.4 Å². The summed E-state index contributed by atoms with van der Waals surface area (Å²) >= 11 is 0. The third-order valence-electron chi connectivity index (χ3n) is 5.86. The Labute approximate surface area is 147 Å². The van der Waals surface area contributed by atoms with Gasteiger partial charge in [0.05, 0.1) is 12.1 Å². The summed E-state index contributed by atoms with van der Waals surface area (Å²) in [6.45, 7) is 0.442. The summed E-state index contributed by atoms with van der Waals surface area (Å²) in [6.07, 6.45) is 4.40. The molecule has 26 heavy (non-hydrogen) atoms.